The maximum Gasteiger partial charge on any atom is 0.125 e. The molecule has 0 heterocycles. The SMILES string of the molecule is C/C=C(/C)CC(F)/C=C(\C)F. The smallest absolute Gasteiger partial charge is 0.125 e. The molecular formula is C9H14F2. The molecule has 11 heavy (non-hydrogen) atoms. The van der Waals surface area contributed by atoms with Gasteiger partial charge in [0.05, 0.1) is 5.83 Å². The van der Waals surface area contributed by atoms with Crippen molar-refractivity contribution in [1.82, 2.24) is 0 Å². The molecule has 0 spiro atoms. The van der Waals surface area contributed by atoms with E-state index in [4.69, 9.17) is 0 Å². The van der Waals surface area contributed by atoms with Crippen molar-refractivity contribution < 1.29 is 8.78 Å². The fourth-order valence-corrected chi connectivity index (χ4v) is 0.734. The number of hydrogen-bond donors (Lipinski definition) is 0. The normalized spacial score (nSPS) is 16.8. The van der Waals surface area contributed by atoms with Gasteiger partial charge >= 0.3 is 0 Å². The summed E-state index contributed by atoms with van der Waals surface area (Å²) in [5, 5.41) is 0. The molecule has 0 aromatic heterocycles. The third-order valence-corrected chi connectivity index (χ3v) is 1.42. The third-order valence-electron chi connectivity index (χ3n) is 1.42. The zero-order valence-electron chi connectivity index (χ0n) is 7.20. The molecular weight excluding hydrogens is 146 g/mol. The zero-order valence-corrected chi connectivity index (χ0v) is 7.20. The molecule has 0 radical (unpaired) electrons. The Hall–Kier alpha value is -0.660. The van der Waals surface area contributed by atoms with Crippen LogP contribution < -0.4 is 0 Å². The van der Waals surface area contributed by atoms with Gasteiger partial charge < -0.3 is 0 Å². The summed E-state index contributed by atoms with van der Waals surface area (Å²) in [4.78, 5) is 0. The average Bonchev–Trinajstić information content (AvgIpc) is 1.85. The summed E-state index contributed by atoms with van der Waals surface area (Å²) in [6.45, 7) is 4.92. The fraction of sp³-hybridized carbons (Fsp3) is 0.556. The minimum absolute atomic E-state index is 0.289. The van der Waals surface area contributed by atoms with E-state index in [1.165, 1.54) is 6.92 Å². The Morgan fingerprint density at radius 1 is 1.45 bits per heavy atom. The van der Waals surface area contributed by atoms with E-state index < -0.39 is 12.0 Å². The van der Waals surface area contributed by atoms with Crippen LogP contribution in [0.5, 0.6) is 0 Å². The molecule has 0 amide bonds. The van der Waals surface area contributed by atoms with E-state index in [0.717, 1.165) is 11.6 Å². The van der Waals surface area contributed by atoms with Gasteiger partial charge in [-0.2, -0.15) is 0 Å². The van der Waals surface area contributed by atoms with Gasteiger partial charge in [-0.3, -0.25) is 0 Å². The lowest BCUT2D eigenvalue weighted by Gasteiger charge is -2.01. The van der Waals surface area contributed by atoms with Gasteiger partial charge in [-0.25, -0.2) is 8.78 Å². The van der Waals surface area contributed by atoms with E-state index in [9.17, 15) is 8.78 Å². The van der Waals surface area contributed by atoms with Gasteiger partial charge in [0.2, 0.25) is 0 Å². The molecule has 0 nitrogen and oxygen atoms in total. The Balaban J connectivity index is 3.88. The minimum atomic E-state index is -1.18. The second kappa shape index (κ2) is 5.05. The molecule has 0 N–H and O–H groups in total. The minimum Gasteiger partial charge on any atom is -0.242 e. The first-order valence-electron chi connectivity index (χ1n) is 3.66. The number of halogens is 2. The van der Waals surface area contributed by atoms with Gasteiger partial charge in [0, 0.05) is 6.42 Å². The highest BCUT2D eigenvalue weighted by molar-refractivity contribution is 5.03. The third kappa shape index (κ3) is 5.77. The van der Waals surface area contributed by atoms with Gasteiger partial charge in [0.25, 0.3) is 0 Å². The molecule has 0 aliphatic heterocycles. The molecule has 0 fully saturated rings. The van der Waals surface area contributed by atoms with Crippen LogP contribution in [0.2, 0.25) is 0 Å². The monoisotopic (exact) mass is 160 g/mol. The van der Waals surface area contributed by atoms with E-state index in [0.29, 0.717) is 0 Å². The summed E-state index contributed by atoms with van der Waals surface area (Å²) in [7, 11) is 0. The van der Waals surface area contributed by atoms with Crippen LogP contribution in [0.1, 0.15) is 27.2 Å². The highest BCUT2D eigenvalue weighted by Crippen LogP contribution is 2.11. The van der Waals surface area contributed by atoms with Crippen LogP contribution in [-0.4, -0.2) is 6.17 Å². The lowest BCUT2D eigenvalue weighted by molar-refractivity contribution is 0.390. The molecule has 0 rings (SSSR count). The van der Waals surface area contributed by atoms with Crippen LogP contribution in [0.4, 0.5) is 8.78 Å². The van der Waals surface area contributed by atoms with Gasteiger partial charge in [-0.15, -0.1) is 0 Å². The lowest BCUT2D eigenvalue weighted by Crippen LogP contribution is -1.95. The molecule has 0 saturated heterocycles. The summed E-state index contributed by atoms with van der Waals surface area (Å²) in [6.07, 6.45) is 1.93. The molecule has 2 heteroatoms. The van der Waals surface area contributed by atoms with E-state index in [1.54, 1.807) is 0 Å². The number of alkyl halides is 1. The van der Waals surface area contributed by atoms with Crippen molar-refractivity contribution in [2.75, 3.05) is 0 Å². The van der Waals surface area contributed by atoms with Crippen molar-refractivity contribution in [3.05, 3.63) is 23.6 Å². The number of allylic oxidation sites excluding steroid dienone is 4. The predicted octanol–water partition coefficient (Wildman–Crippen LogP) is 3.55. The van der Waals surface area contributed by atoms with Crippen molar-refractivity contribution >= 4 is 0 Å². The quantitative estimate of drug-likeness (QED) is 0.554. The van der Waals surface area contributed by atoms with Crippen LogP contribution in [-0.2, 0) is 0 Å². The molecule has 0 bridgehead atoms. The van der Waals surface area contributed by atoms with Crippen LogP contribution >= 0.6 is 0 Å². The standard InChI is InChI=1S/C9H14F2/c1-4-7(2)5-9(11)6-8(3)10/h4,6,9H,5H2,1-3H3/b7-4-,8-6+. The van der Waals surface area contributed by atoms with Crippen molar-refractivity contribution in [3.63, 3.8) is 0 Å². The summed E-state index contributed by atoms with van der Waals surface area (Å²) >= 11 is 0. The Kier molecular flexibility index (Phi) is 4.75. The van der Waals surface area contributed by atoms with Crippen molar-refractivity contribution in [1.29, 1.82) is 0 Å². The van der Waals surface area contributed by atoms with Gasteiger partial charge in [-0.05, 0) is 26.8 Å². The second-order valence-corrected chi connectivity index (χ2v) is 2.61. The molecule has 0 aromatic rings. The first-order valence-corrected chi connectivity index (χ1v) is 3.66. The predicted molar refractivity (Wildman–Crippen MR) is 43.8 cm³/mol. The first-order chi connectivity index (χ1) is 5.06. The fourth-order valence-electron chi connectivity index (χ4n) is 0.734. The Morgan fingerprint density at radius 2 is 2.00 bits per heavy atom. The second-order valence-electron chi connectivity index (χ2n) is 2.61. The molecule has 0 aliphatic rings. The molecule has 0 aromatic carbocycles. The van der Waals surface area contributed by atoms with E-state index in [2.05, 4.69) is 0 Å². The Labute approximate surface area is 66.6 Å². The molecule has 0 saturated carbocycles. The van der Waals surface area contributed by atoms with Gasteiger partial charge in [0.15, 0.2) is 0 Å². The Bertz CT molecular complexity index is 164. The van der Waals surface area contributed by atoms with Crippen LogP contribution in [0, 0.1) is 0 Å². The maximum atomic E-state index is 12.7. The molecule has 1 atom stereocenters. The van der Waals surface area contributed by atoms with Crippen molar-refractivity contribution in [2.24, 2.45) is 0 Å². The topological polar surface area (TPSA) is 0 Å². The van der Waals surface area contributed by atoms with Gasteiger partial charge in [-0.1, -0.05) is 11.6 Å². The van der Waals surface area contributed by atoms with E-state index in [1.807, 2.05) is 19.9 Å². The molecule has 0 aliphatic carbocycles. The maximum absolute atomic E-state index is 12.7. The number of hydrogen-bond acceptors (Lipinski definition) is 0. The summed E-state index contributed by atoms with van der Waals surface area (Å²) in [5.74, 6) is -0.457. The zero-order chi connectivity index (χ0) is 8.85. The lowest BCUT2D eigenvalue weighted by atomic mass is 10.1. The van der Waals surface area contributed by atoms with Gasteiger partial charge in [0.1, 0.15) is 6.17 Å². The van der Waals surface area contributed by atoms with Crippen LogP contribution in [0.15, 0.2) is 23.6 Å². The van der Waals surface area contributed by atoms with Crippen molar-refractivity contribution in [2.45, 2.75) is 33.4 Å². The summed E-state index contributed by atoms with van der Waals surface area (Å²) < 4.78 is 24.8. The summed E-state index contributed by atoms with van der Waals surface area (Å²) in [6, 6.07) is 0. The summed E-state index contributed by atoms with van der Waals surface area (Å²) in [5.41, 5.74) is 0.940. The number of rotatable bonds is 3. The van der Waals surface area contributed by atoms with E-state index in [-0.39, 0.29) is 6.42 Å². The van der Waals surface area contributed by atoms with Crippen LogP contribution in [0.3, 0.4) is 0 Å². The van der Waals surface area contributed by atoms with Crippen molar-refractivity contribution in [3.8, 4) is 0 Å². The highest BCUT2D eigenvalue weighted by Gasteiger charge is 2.03. The molecule has 1 unspecified atom stereocenters. The first kappa shape index (κ1) is 10.3. The van der Waals surface area contributed by atoms with E-state index >= 15 is 0 Å². The van der Waals surface area contributed by atoms with Crippen LogP contribution in [0.25, 0.3) is 0 Å². The molecule has 64 valence electrons. The average molecular weight is 160 g/mol. The Morgan fingerprint density at radius 3 is 2.36 bits per heavy atom. The largest absolute Gasteiger partial charge is 0.242 e. The highest BCUT2D eigenvalue weighted by atomic mass is 19.1.